The predicted octanol–water partition coefficient (Wildman–Crippen LogP) is 0.365. The average Bonchev–Trinajstić information content (AvgIpc) is 2.26. The summed E-state index contributed by atoms with van der Waals surface area (Å²) in [5.41, 5.74) is 7.29. The molecule has 0 aliphatic carbocycles. The van der Waals surface area contributed by atoms with Gasteiger partial charge in [0.1, 0.15) is 0 Å². The molecule has 0 fully saturated rings. The minimum Gasteiger partial charge on any atom is -0.480 e. The molecule has 0 radical (unpaired) electrons. The van der Waals surface area contributed by atoms with Crippen molar-refractivity contribution in [3.63, 3.8) is 0 Å². The number of carbonyl (C=O) groups is 2. The Labute approximate surface area is 99.8 Å². The molecule has 0 heterocycles. The number of nitrogens with two attached hydrogens (primary N) is 1. The summed E-state index contributed by atoms with van der Waals surface area (Å²) in [6.07, 6.45) is 0. The minimum atomic E-state index is -1.50. The van der Waals surface area contributed by atoms with Crippen LogP contribution in [0.15, 0.2) is 24.3 Å². The van der Waals surface area contributed by atoms with Crippen molar-refractivity contribution in [2.24, 2.45) is 5.73 Å². The molecule has 0 aromatic heterocycles. The molecule has 1 aromatic carbocycles. The molecule has 1 amide bonds. The van der Waals surface area contributed by atoms with Crippen LogP contribution in [0.3, 0.4) is 0 Å². The Bertz CT molecular complexity index is 432. The van der Waals surface area contributed by atoms with Crippen LogP contribution in [-0.4, -0.2) is 35.0 Å². The smallest absolute Gasteiger partial charge is 0.330 e. The zero-order chi connectivity index (χ0) is 13.0. The highest BCUT2D eigenvalue weighted by Crippen LogP contribution is 2.07. The lowest BCUT2D eigenvalue weighted by Gasteiger charge is -2.19. The number of rotatable bonds is 4. The number of aliphatic carboxylic acids is 1. The van der Waals surface area contributed by atoms with Crippen molar-refractivity contribution in [1.82, 2.24) is 4.90 Å². The van der Waals surface area contributed by atoms with Crippen molar-refractivity contribution in [3.05, 3.63) is 35.4 Å². The summed E-state index contributed by atoms with van der Waals surface area (Å²) in [4.78, 5) is 23.5. The van der Waals surface area contributed by atoms with Gasteiger partial charge in [0.15, 0.2) is 6.04 Å². The Hall–Kier alpha value is -1.88. The predicted molar refractivity (Wildman–Crippen MR) is 63.3 cm³/mol. The number of carbonyl (C=O) groups excluding carboxylic acids is 1. The van der Waals surface area contributed by atoms with Gasteiger partial charge < -0.3 is 15.7 Å². The van der Waals surface area contributed by atoms with Crippen molar-refractivity contribution in [2.75, 3.05) is 7.05 Å². The molecule has 0 spiro atoms. The van der Waals surface area contributed by atoms with E-state index in [2.05, 4.69) is 0 Å². The van der Waals surface area contributed by atoms with E-state index in [1.54, 1.807) is 0 Å². The van der Waals surface area contributed by atoms with Crippen molar-refractivity contribution >= 4 is 11.9 Å². The maximum absolute atomic E-state index is 11.6. The Morgan fingerprint density at radius 2 is 2.12 bits per heavy atom. The molecule has 0 aliphatic rings. The zero-order valence-corrected chi connectivity index (χ0v) is 9.88. The Balaban J connectivity index is 2.69. The number of carboxylic acids is 1. The molecule has 17 heavy (non-hydrogen) atoms. The van der Waals surface area contributed by atoms with E-state index in [-0.39, 0.29) is 0 Å². The largest absolute Gasteiger partial charge is 0.480 e. The number of benzene rings is 1. The third kappa shape index (κ3) is 3.57. The minimum absolute atomic E-state index is 0.349. The molecular weight excluding hydrogens is 220 g/mol. The maximum atomic E-state index is 11.6. The fourth-order valence-corrected chi connectivity index (χ4v) is 1.51. The molecule has 0 saturated heterocycles. The van der Waals surface area contributed by atoms with Crippen LogP contribution in [-0.2, 0) is 16.1 Å². The van der Waals surface area contributed by atoms with E-state index in [0.29, 0.717) is 6.54 Å². The van der Waals surface area contributed by atoms with Crippen LogP contribution in [0.2, 0.25) is 0 Å². The maximum Gasteiger partial charge on any atom is 0.330 e. The van der Waals surface area contributed by atoms with Gasteiger partial charge in [-0.1, -0.05) is 29.8 Å². The normalized spacial score (nSPS) is 11.9. The first-order chi connectivity index (χ1) is 7.91. The molecule has 3 N–H and O–H groups in total. The lowest BCUT2D eigenvalue weighted by molar-refractivity contribution is -0.146. The van der Waals surface area contributed by atoms with Crippen LogP contribution in [0.1, 0.15) is 11.1 Å². The van der Waals surface area contributed by atoms with E-state index in [9.17, 15) is 9.59 Å². The van der Waals surface area contributed by atoms with Gasteiger partial charge in [0.05, 0.1) is 0 Å². The van der Waals surface area contributed by atoms with Gasteiger partial charge in [0.25, 0.3) is 5.91 Å². The van der Waals surface area contributed by atoms with Crippen LogP contribution < -0.4 is 5.73 Å². The molecule has 1 aromatic rings. The highest BCUT2D eigenvalue weighted by atomic mass is 16.4. The van der Waals surface area contributed by atoms with Crippen LogP contribution in [0.4, 0.5) is 0 Å². The van der Waals surface area contributed by atoms with Crippen molar-refractivity contribution in [3.8, 4) is 0 Å². The Morgan fingerprint density at radius 3 is 2.65 bits per heavy atom. The molecule has 0 saturated carbocycles. The second-order valence-electron chi connectivity index (χ2n) is 4.00. The van der Waals surface area contributed by atoms with Gasteiger partial charge in [-0.3, -0.25) is 4.79 Å². The van der Waals surface area contributed by atoms with E-state index in [1.807, 2.05) is 31.2 Å². The lowest BCUT2D eigenvalue weighted by Crippen LogP contribution is -2.46. The van der Waals surface area contributed by atoms with E-state index in [4.69, 9.17) is 10.8 Å². The topological polar surface area (TPSA) is 83.6 Å². The van der Waals surface area contributed by atoms with Gasteiger partial charge in [-0.2, -0.15) is 0 Å². The first-order valence-corrected chi connectivity index (χ1v) is 5.20. The van der Waals surface area contributed by atoms with Crippen LogP contribution in [0.5, 0.6) is 0 Å². The monoisotopic (exact) mass is 236 g/mol. The van der Waals surface area contributed by atoms with Gasteiger partial charge in [-0.15, -0.1) is 0 Å². The lowest BCUT2D eigenvalue weighted by atomic mass is 10.1. The van der Waals surface area contributed by atoms with E-state index in [1.165, 1.54) is 11.9 Å². The third-order valence-electron chi connectivity index (χ3n) is 2.41. The molecule has 1 atom stereocenters. The van der Waals surface area contributed by atoms with Crippen LogP contribution >= 0.6 is 0 Å². The molecular formula is C12H16N2O3. The summed E-state index contributed by atoms with van der Waals surface area (Å²) in [6, 6.07) is 6.16. The third-order valence-corrected chi connectivity index (χ3v) is 2.41. The first kappa shape index (κ1) is 13.2. The number of aryl methyl sites for hydroxylation is 1. The van der Waals surface area contributed by atoms with Gasteiger partial charge in [-0.25, -0.2) is 4.79 Å². The highest BCUT2D eigenvalue weighted by molar-refractivity contribution is 6.00. The van der Waals surface area contributed by atoms with Gasteiger partial charge in [-0.05, 0) is 12.5 Å². The van der Waals surface area contributed by atoms with Gasteiger partial charge >= 0.3 is 5.97 Å². The molecule has 1 unspecified atom stereocenters. The fraction of sp³-hybridized carbons (Fsp3) is 0.333. The molecule has 92 valence electrons. The van der Waals surface area contributed by atoms with Gasteiger partial charge in [0, 0.05) is 13.6 Å². The number of likely N-dealkylation sites (N-methyl/N-ethyl adjacent to an activating group) is 1. The molecule has 5 heteroatoms. The molecule has 0 bridgehead atoms. The average molecular weight is 236 g/mol. The fourth-order valence-electron chi connectivity index (χ4n) is 1.51. The van der Waals surface area contributed by atoms with Crippen LogP contribution in [0.25, 0.3) is 0 Å². The summed E-state index contributed by atoms with van der Waals surface area (Å²) in [5.74, 6) is -1.91. The second-order valence-corrected chi connectivity index (χ2v) is 4.00. The summed E-state index contributed by atoms with van der Waals surface area (Å²) in [7, 11) is 1.54. The number of hydrogen-bond donors (Lipinski definition) is 2. The molecule has 1 rings (SSSR count). The highest BCUT2D eigenvalue weighted by Gasteiger charge is 2.24. The van der Waals surface area contributed by atoms with E-state index < -0.39 is 17.9 Å². The SMILES string of the molecule is Cc1cccc(CN(C)C(=O)C(N)C(=O)O)c1. The molecule has 0 aliphatic heterocycles. The summed E-state index contributed by atoms with van der Waals surface area (Å²) in [5, 5.41) is 8.64. The number of nitrogens with zero attached hydrogens (tertiary/aromatic N) is 1. The number of amides is 1. The summed E-state index contributed by atoms with van der Waals surface area (Å²) >= 11 is 0. The van der Waals surface area contributed by atoms with E-state index >= 15 is 0 Å². The van der Waals surface area contributed by atoms with Crippen molar-refractivity contribution in [2.45, 2.75) is 19.5 Å². The second kappa shape index (κ2) is 5.45. The Kier molecular flexibility index (Phi) is 4.23. The van der Waals surface area contributed by atoms with Crippen molar-refractivity contribution < 1.29 is 14.7 Å². The quantitative estimate of drug-likeness (QED) is 0.739. The van der Waals surface area contributed by atoms with Crippen LogP contribution in [0, 0.1) is 6.92 Å². The van der Waals surface area contributed by atoms with Gasteiger partial charge in [0.2, 0.25) is 0 Å². The van der Waals surface area contributed by atoms with Crippen molar-refractivity contribution in [1.29, 1.82) is 0 Å². The zero-order valence-electron chi connectivity index (χ0n) is 9.88. The number of carboxylic acid groups (broad SMARTS) is 1. The Morgan fingerprint density at radius 1 is 1.47 bits per heavy atom. The first-order valence-electron chi connectivity index (χ1n) is 5.20. The number of hydrogen-bond acceptors (Lipinski definition) is 3. The van der Waals surface area contributed by atoms with E-state index in [0.717, 1.165) is 11.1 Å². The summed E-state index contributed by atoms with van der Waals surface area (Å²) in [6.45, 7) is 2.30. The molecule has 5 nitrogen and oxygen atoms in total. The standard InChI is InChI=1S/C12H16N2O3/c1-8-4-3-5-9(6-8)7-14(2)11(15)10(13)12(16)17/h3-6,10H,7,13H2,1-2H3,(H,16,17). The summed E-state index contributed by atoms with van der Waals surface area (Å²) < 4.78 is 0.